The van der Waals surface area contributed by atoms with Gasteiger partial charge in [-0.25, -0.2) is 4.79 Å². The molecule has 1 heterocycles. The van der Waals surface area contributed by atoms with Crippen molar-refractivity contribution in [3.8, 4) is 0 Å². The first kappa shape index (κ1) is 14.9. The van der Waals surface area contributed by atoms with E-state index in [4.69, 9.17) is 4.74 Å². The maximum Gasteiger partial charge on any atom is 0.328 e. The van der Waals surface area contributed by atoms with E-state index in [-0.39, 0.29) is 17.9 Å². The summed E-state index contributed by atoms with van der Waals surface area (Å²) in [6, 6.07) is 9.67. The van der Waals surface area contributed by atoms with E-state index in [0.29, 0.717) is 18.7 Å². The number of esters is 1. The Kier molecular flexibility index (Phi) is 5.47. The molecule has 1 aromatic rings. The van der Waals surface area contributed by atoms with Crippen molar-refractivity contribution in [1.29, 1.82) is 0 Å². The van der Waals surface area contributed by atoms with E-state index in [1.165, 1.54) is 12.7 Å². The summed E-state index contributed by atoms with van der Waals surface area (Å²) in [5.74, 6) is 0.939. The van der Waals surface area contributed by atoms with Gasteiger partial charge in [-0.3, -0.25) is 4.79 Å². The maximum absolute atomic E-state index is 12.2. The minimum Gasteiger partial charge on any atom is -0.467 e. The molecule has 1 aliphatic rings. The van der Waals surface area contributed by atoms with Gasteiger partial charge in [-0.15, -0.1) is 11.8 Å². The number of benzene rings is 1. The van der Waals surface area contributed by atoms with Crippen LogP contribution in [0.1, 0.15) is 18.4 Å². The number of hydrogen-bond acceptors (Lipinski definition) is 4. The molecule has 5 heteroatoms. The molecule has 0 bridgehead atoms. The normalized spacial score (nSPS) is 18.1. The summed E-state index contributed by atoms with van der Waals surface area (Å²) >= 11 is 1.58. The molecule has 4 nitrogen and oxygen atoms in total. The Bertz CT molecular complexity index is 463. The predicted octanol–water partition coefficient (Wildman–Crippen LogP) is 2.08. The Labute approximate surface area is 123 Å². The second-order valence-electron chi connectivity index (χ2n) is 4.75. The SMILES string of the molecule is COC(=O)C1CCCN1C(=O)CSCc1ccccc1. The molecular formula is C15H19NO3S. The van der Waals surface area contributed by atoms with Crippen LogP contribution in [0, 0.1) is 0 Å². The van der Waals surface area contributed by atoms with Gasteiger partial charge in [-0.05, 0) is 18.4 Å². The number of carbonyl (C=O) groups is 2. The van der Waals surface area contributed by atoms with Gasteiger partial charge in [0.15, 0.2) is 0 Å². The Morgan fingerprint density at radius 2 is 2.10 bits per heavy atom. The molecule has 0 saturated carbocycles. The highest BCUT2D eigenvalue weighted by Gasteiger charge is 2.34. The standard InChI is InChI=1S/C15H19NO3S/c1-19-15(18)13-8-5-9-16(13)14(17)11-20-10-12-6-3-2-4-7-12/h2-4,6-7,13H,5,8-11H2,1H3. The Morgan fingerprint density at radius 1 is 1.35 bits per heavy atom. The molecule has 0 aromatic heterocycles. The number of nitrogens with zero attached hydrogens (tertiary/aromatic N) is 1. The van der Waals surface area contributed by atoms with E-state index >= 15 is 0 Å². The molecule has 0 aliphatic carbocycles. The summed E-state index contributed by atoms with van der Waals surface area (Å²) in [4.78, 5) is 25.4. The van der Waals surface area contributed by atoms with Crippen molar-refractivity contribution in [2.45, 2.75) is 24.6 Å². The molecule has 1 atom stereocenters. The first-order chi connectivity index (χ1) is 9.72. The zero-order chi connectivity index (χ0) is 14.4. The molecule has 1 fully saturated rings. The minimum atomic E-state index is -0.384. The molecule has 108 valence electrons. The van der Waals surface area contributed by atoms with Crippen LogP contribution < -0.4 is 0 Å². The Morgan fingerprint density at radius 3 is 2.80 bits per heavy atom. The number of amides is 1. The Hall–Kier alpha value is -1.49. The topological polar surface area (TPSA) is 46.6 Å². The lowest BCUT2D eigenvalue weighted by molar-refractivity contribution is -0.150. The van der Waals surface area contributed by atoms with Crippen LogP contribution in [-0.4, -0.2) is 42.2 Å². The number of likely N-dealkylation sites (tertiary alicyclic amines) is 1. The predicted molar refractivity (Wildman–Crippen MR) is 79.4 cm³/mol. The third kappa shape index (κ3) is 3.76. The lowest BCUT2D eigenvalue weighted by atomic mass is 10.2. The van der Waals surface area contributed by atoms with E-state index in [9.17, 15) is 9.59 Å². The van der Waals surface area contributed by atoms with Gasteiger partial charge in [0.25, 0.3) is 0 Å². The average Bonchev–Trinajstić information content (AvgIpc) is 2.97. The second-order valence-corrected chi connectivity index (χ2v) is 5.73. The molecule has 20 heavy (non-hydrogen) atoms. The molecule has 1 amide bonds. The van der Waals surface area contributed by atoms with Crippen molar-refractivity contribution >= 4 is 23.6 Å². The van der Waals surface area contributed by atoms with Crippen LogP contribution in [0.3, 0.4) is 0 Å². The molecule has 1 saturated heterocycles. The summed E-state index contributed by atoms with van der Waals surface area (Å²) in [6.07, 6.45) is 1.58. The summed E-state index contributed by atoms with van der Waals surface area (Å²) < 4.78 is 4.75. The van der Waals surface area contributed by atoms with Crippen molar-refractivity contribution in [3.63, 3.8) is 0 Å². The van der Waals surface area contributed by atoms with Crippen molar-refractivity contribution in [2.75, 3.05) is 19.4 Å². The van der Waals surface area contributed by atoms with E-state index in [0.717, 1.165) is 12.2 Å². The van der Waals surface area contributed by atoms with Gasteiger partial charge < -0.3 is 9.64 Å². The summed E-state index contributed by atoms with van der Waals surface area (Å²) in [5.41, 5.74) is 1.20. The molecular weight excluding hydrogens is 274 g/mol. The van der Waals surface area contributed by atoms with Gasteiger partial charge in [0.2, 0.25) is 5.91 Å². The smallest absolute Gasteiger partial charge is 0.328 e. The molecule has 0 radical (unpaired) electrons. The third-order valence-corrected chi connectivity index (χ3v) is 4.37. The fourth-order valence-electron chi connectivity index (χ4n) is 2.36. The number of rotatable bonds is 5. The number of thioether (sulfide) groups is 1. The highest BCUT2D eigenvalue weighted by Crippen LogP contribution is 2.20. The number of carbonyl (C=O) groups excluding carboxylic acids is 2. The van der Waals surface area contributed by atoms with Crippen LogP contribution in [0.4, 0.5) is 0 Å². The summed E-state index contributed by atoms with van der Waals surface area (Å²) in [7, 11) is 1.37. The minimum absolute atomic E-state index is 0.0267. The number of ether oxygens (including phenoxy) is 1. The first-order valence-electron chi connectivity index (χ1n) is 6.71. The van der Waals surface area contributed by atoms with Gasteiger partial charge in [-0.2, -0.15) is 0 Å². The molecule has 1 aliphatic heterocycles. The summed E-state index contributed by atoms with van der Waals surface area (Å²) in [5, 5.41) is 0. The number of hydrogen-bond donors (Lipinski definition) is 0. The lowest BCUT2D eigenvalue weighted by Gasteiger charge is -2.22. The van der Waals surface area contributed by atoms with Crippen LogP contribution in [0.2, 0.25) is 0 Å². The maximum atomic E-state index is 12.2. The third-order valence-electron chi connectivity index (χ3n) is 3.38. The van der Waals surface area contributed by atoms with E-state index in [2.05, 4.69) is 0 Å². The molecule has 2 rings (SSSR count). The Balaban J connectivity index is 1.81. The average molecular weight is 293 g/mol. The van der Waals surface area contributed by atoms with E-state index < -0.39 is 0 Å². The van der Waals surface area contributed by atoms with E-state index in [1.807, 2.05) is 30.3 Å². The van der Waals surface area contributed by atoms with Crippen LogP contribution in [0.5, 0.6) is 0 Å². The lowest BCUT2D eigenvalue weighted by Crippen LogP contribution is -2.42. The monoisotopic (exact) mass is 293 g/mol. The zero-order valence-electron chi connectivity index (χ0n) is 11.6. The van der Waals surface area contributed by atoms with Crippen LogP contribution >= 0.6 is 11.8 Å². The second kappa shape index (κ2) is 7.33. The molecule has 0 spiro atoms. The largest absolute Gasteiger partial charge is 0.467 e. The van der Waals surface area contributed by atoms with Crippen molar-refractivity contribution in [3.05, 3.63) is 35.9 Å². The van der Waals surface area contributed by atoms with Crippen LogP contribution in [0.15, 0.2) is 30.3 Å². The van der Waals surface area contributed by atoms with Gasteiger partial charge in [0, 0.05) is 12.3 Å². The fraction of sp³-hybridized carbons (Fsp3) is 0.467. The number of methoxy groups -OCH3 is 1. The van der Waals surface area contributed by atoms with E-state index in [1.54, 1.807) is 16.7 Å². The fourth-order valence-corrected chi connectivity index (χ4v) is 3.23. The van der Waals surface area contributed by atoms with Crippen molar-refractivity contribution < 1.29 is 14.3 Å². The van der Waals surface area contributed by atoms with Crippen LogP contribution in [-0.2, 0) is 20.1 Å². The highest BCUT2D eigenvalue weighted by molar-refractivity contribution is 7.99. The molecule has 1 unspecified atom stereocenters. The van der Waals surface area contributed by atoms with Crippen molar-refractivity contribution in [2.24, 2.45) is 0 Å². The van der Waals surface area contributed by atoms with Gasteiger partial charge >= 0.3 is 5.97 Å². The van der Waals surface area contributed by atoms with Gasteiger partial charge in [-0.1, -0.05) is 30.3 Å². The quantitative estimate of drug-likeness (QED) is 0.780. The highest BCUT2D eigenvalue weighted by atomic mass is 32.2. The van der Waals surface area contributed by atoms with Gasteiger partial charge in [0.05, 0.1) is 12.9 Å². The molecule has 0 N–H and O–H groups in total. The van der Waals surface area contributed by atoms with Gasteiger partial charge in [0.1, 0.15) is 6.04 Å². The first-order valence-corrected chi connectivity index (χ1v) is 7.87. The summed E-state index contributed by atoms with van der Waals surface area (Å²) in [6.45, 7) is 0.657. The van der Waals surface area contributed by atoms with Crippen molar-refractivity contribution in [1.82, 2.24) is 4.90 Å². The van der Waals surface area contributed by atoms with Crippen LogP contribution in [0.25, 0.3) is 0 Å². The molecule has 1 aromatic carbocycles. The zero-order valence-corrected chi connectivity index (χ0v) is 12.4.